The van der Waals surface area contributed by atoms with Crippen LogP contribution in [0.4, 0.5) is 24.9 Å². The first-order valence-electron chi connectivity index (χ1n) is 25.6. The third kappa shape index (κ3) is 46.4. The van der Waals surface area contributed by atoms with E-state index in [2.05, 4.69) is 46.5 Å². The van der Waals surface area contributed by atoms with E-state index in [9.17, 15) is 58.7 Å². The molecule has 29 nitrogen and oxygen atoms in total. The van der Waals surface area contributed by atoms with Crippen molar-refractivity contribution in [1.82, 2.24) is 21.3 Å². The molecule has 0 aromatic heterocycles. The second-order valence-corrected chi connectivity index (χ2v) is 21.8. The Morgan fingerprint density at radius 2 is 0.783 bits per heavy atom. The van der Waals surface area contributed by atoms with Crippen LogP contribution >= 0.6 is 25.3 Å². The molecule has 2 rings (SSSR count). The molecule has 0 aliphatic carbocycles. The fourth-order valence-electron chi connectivity index (χ4n) is 5.62. The molecule has 0 bridgehead atoms. The summed E-state index contributed by atoms with van der Waals surface area (Å²) in [5.74, 6) is -4.33. The number of nitro groups is 1. The minimum absolute atomic E-state index is 0. The van der Waals surface area contributed by atoms with E-state index in [1.54, 1.807) is 41.5 Å². The van der Waals surface area contributed by atoms with Gasteiger partial charge in [0.25, 0.3) is 5.69 Å². The third-order valence-electron chi connectivity index (χ3n) is 10.2. The lowest BCUT2D eigenvalue weighted by Gasteiger charge is -2.20. The number of amides is 4. The van der Waals surface area contributed by atoms with E-state index in [4.69, 9.17) is 62.3 Å². The summed E-state index contributed by atoms with van der Waals surface area (Å²) >= 11 is 8.52. The van der Waals surface area contributed by atoms with Gasteiger partial charge in [0.1, 0.15) is 48.6 Å². The van der Waals surface area contributed by atoms with E-state index in [-0.39, 0.29) is 75.6 Å². The summed E-state index contributed by atoms with van der Waals surface area (Å²) in [6, 6.07) is 9.38. The van der Waals surface area contributed by atoms with Crippen molar-refractivity contribution in [3.05, 3.63) is 75.3 Å². The van der Waals surface area contributed by atoms with Crippen molar-refractivity contribution in [3.63, 3.8) is 0 Å². The number of carboxylic acids is 4. The predicted molar refractivity (Wildman–Crippen MR) is 313 cm³/mol. The van der Waals surface area contributed by atoms with Gasteiger partial charge in [0.15, 0.2) is 0 Å². The molecule has 2 aromatic rings. The van der Waals surface area contributed by atoms with E-state index in [1.165, 1.54) is 24.3 Å². The molecular formula is C52H89N9O20S2. The van der Waals surface area contributed by atoms with Crippen molar-refractivity contribution in [2.24, 2.45) is 22.9 Å². The highest BCUT2D eigenvalue weighted by atomic mass is 32.1. The summed E-state index contributed by atoms with van der Waals surface area (Å²) in [5.41, 5.74) is 22.8. The lowest BCUT2D eigenvalue weighted by molar-refractivity contribution is -0.384. The van der Waals surface area contributed by atoms with Gasteiger partial charge in [0.05, 0.1) is 17.1 Å². The van der Waals surface area contributed by atoms with Crippen LogP contribution in [0.2, 0.25) is 0 Å². The number of alkyl carbamates (subject to hydrolysis) is 4. The van der Waals surface area contributed by atoms with Crippen molar-refractivity contribution in [2.45, 2.75) is 179 Å². The Balaban J connectivity index is -0.00000103. The monoisotopic (exact) mass is 1220 g/mol. The number of nitro benzene ring substituents is 1. The lowest BCUT2D eigenvalue weighted by Crippen LogP contribution is -2.38. The number of carbonyl (C=O) groups is 8. The zero-order valence-electron chi connectivity index (χ0n) is 47.2. The summed E-state index contributed by atoms with van der Waals surface area (Å²) in [6.07, 6.45) is -2.04. The molecule has 0 heterocycles. The van der Waals surface area contributed by atoms with Crippen molar-refractivity contribution < 1.29 is 92.9 Å². The standard InChI is InChI=1S/C15H22N2O4S.C14H19N3O7.C11H22N2O5.C11H22N2O4S.CH4/c1-10-2-4-11(5-3-10)9-21-15(20)17-8-12(22)6-7-13(16)14(18)19;15-12(13(19)20)6-5-11(18)7-16-14(21)24-8-9-1-3-10(4-2-9)17(22)23;1-11(2,3)18-10(17)13-6-7(14)4-5-8(12)9(15)16;1-11(2,3)17-10(16)13-6-7(18)4-5-8(12)9(14)15;/h2-5,12-13,22H,6-9,16H2,1H3,(H,17,20)(H,18,19);1-4,11-12,18H,5-8,15H2,(H,16,21)(H,19,20);7-8,14H,4-6,12H2,1-3H3,(H,13,17)(H,15,16);7-8,18H,4-6,12H2,1-3H3,(H,13,16)(H,14,15);1H4. The highest BCUT2D eigenvalue weighted by Crippen LogP contribution is 2.14. The summed E-state index contributed by atoms with van der Waals surface area (Å²) < 4.78 is 20.0. The maximum absolute atomic E-state index is 11.5. The number of rotatable bonds is 29. The van der Waals surface area contributed by atoms with Gasteiger partial charge in [0, 0.05) is 48.8 Å². The fraction of sp³-hybridized carbons (Fsp3) is 0.615. The summed E-state index contributed by atoms with van der Waals surface area (Å²) in [4.78, 5) is 97.6. The van der Waals surface area contributed by atoms with Gasteiger partial charge in [-0.3, -0.25) is 29.3 Å². The van der Waals surface area contributed by atoms with E-state index >= 15 is 0 Å². The number of nitrogens with two attached hydrogens (primary N) is 4. The maximum atomic E-state index is 11.5. The number of carboxylic acid groups (broad SMARTS) is 4. The maximum Gasteiger partial charge on any atom is 0.407 e. The zero-order chi connectivity index (χ0) is 63.3. The van der Waals surface area contributed by atoms with Crippen LogP contribution in [0.15, 0.2) is 48.5 Å². The van der Waals surface area contributed by atoms with Crippen LogP contribution in [-0.4, -0.2) is 168 Å². The number of non-ortho nitro benzene ring substituents is 1. The molecule has 0 aliphatic rings. The van der Waals surface area contributed by atoms with E-state index < -0.39 is 101 Å². The summed E-state index contributed by atoms with van der Waals surface area (Å²) in [5, 5.41) is 73.6. The molecule has 0 spiro atoms. The molecule has 0 saturated carbocycles. The van der Waals surface area contributed by atoms with Crippen molar-refractivity contribution in [3.8, 4) is 0 Å². The number of nitrogens with one attached hydrogen (secondary N) is 4. The normalized spacial score (nSPS) is 13.6. The fourth-order valence-corrected chi connectivity index (χ4v) is 6.10. The SMILES string of the molecule is C.CC(C)(C)OC(=O)NCC(O)CCC(N)C(=O)O.CC(C)(C)OC(=O)NCC(S)CCC(N)C(=O)O.Cc1ccc(COC(=O)NCC(S)CCC(N)C(=O)O)cc1.NC(CCC(O)CNC(=O)OCc1ccc([N+](=O)[O-])cc1)C(=O)O. The molecule has 0 radical (unpaired) electrons. The number of ether oxygens (including phenoxy) is 4. The number of aliphatic carboxylic acids is 4. The lowest BCUT2D eigenvalue weighted by atomic mass is 10.1. The molecule has 83 heavy (non-hydrogen) atoms. The molecule has 4 amide bonds. The van der Waals surface area contributed by atoms with Crippen LogP contribution in [0.5, 0.6) is 0 Å². The van der Waals surface area contributed by atoms with Gasteiger partial charge in [-0.15, -0.1) is 0 Å². The number of carbonyl (C=O) groups excluding carboxylic acids is 4. The Kier molecular flexibility index (Phi) is 41.7. The number of aliphatic hydroxyl groups excluding tert-OH is 2. The molecule has 0 saturated heterocycles. The minimum Gasteiger partial charge on any atom is -0.480 e. The highest BCUT2D eigenvalue weighted by molar-refractivity contribution is 7.81. The minimum atomic E-state index is -1.15. The number of thiol groups is 2. The molecule has 0 aliphatic heterocycles. The van der Waals surface area contributed by atoms with Gasteiger partial charge < -0.3 is 93.8 Å². The second kappa shape index (κ2) is 43.0. The largest absolute Gasteiger partial charge is 0.480 e. The van der Waals surface area contributed by atoms with Gasteiger partial charge in [-0.2, -0.15) is 25.3 Å². The first kappa shape index (κ1) is 80.5. The number of aryl methyl sites for hydroxylation is 1. The molecule has 0 fully saturated rings. The second-order valence-electron chi connectivity index (χ2n) is 20.3. The van der Waals surface area contributed by atoms with Crippen LogP contribution in [0, 0.1) is 17.0 Å². The average Bonchev–Trinajstić information content (AvgIpc) is 3.38. The summed E-state index contributed by atoms with van der Waals surface area (Å²) in [6.45, 7) is 13.1. The topological polar surface area (TPSA) is 490 Å². The van der Waals surface area contributed by atoms with Crippen LogP contribution < -0.4 is 44.2 Å². The van der Waals surface area contributed by atoms with Crippen LogP contribution in [-0.2, 0) is 51.3 Å². The Hall–Kier alpha value is -6.74. The molecule has 31 heteroatoms. The van der Waals surface area contributed by atoms with Gasteiger partial charge >= 0.3 is 48.3 Å². The smallest absolute Gasteiger partial charge is 0.407 e. The number of aliphatic hydroxyl groups is 2. The Labute approximate surface area is 494 Å². The quantitative estimate of drug-likeness (QED) is 0.0238. The molecule has 2 aromatic carbocycles. The summed E-state index contributed by atoms with van der Waals surface area (Å²) in [7, 11) is 0. The van der Waals surface area contributed by atoms with Crippen LogP contribution in [0.1, 0.15) is 117 Å². The van der Waals surface area contributed by atoms with Crippen molar-refractivity contribution in [1.29, 1.82) is 0 Å². The number of benzene rings is 2. The first-order valence-corrected chi connectivity index (χ1v) is 26.6. The molecule has 8 unspecified atom stereocenters. The first-order chi connectivity index (χ1) is 37.9. The van der Waals surface area contributed by atoms with Crippen LogP contribution in [0.3, 0.4) is 0 Å². The average molecular weight is 1220 g/mol. The van der Waals surface area contributed by atoms with Crippen molar-refractivity contribution in [2.75, 3.05) is 26.2 Å². The Bertz CT molecular complexity index is 2200. The van der Waals surface area contributed by atoms with Gasteiger partial charge in [-0.05, 0) is 123 Å². The van der Waals surface area contributed by atoms with E-state index in [0.29, 0.717) is 44.3 Å². The molecule has 8 atom stereocenters. The van der Waals surface area contributed by atoms with Gasteiger partial charge in [0.2, 0.25) is 0 Å². The van der Waals surface area contributed by atoms with Crippen molar-refractivity contribution >= 4 is 79.2 Å². The number of nitrogens with zero attached hydrogens (tertiary/aromatic N) is 1. The Morgan fingerprint density at radius 1 is 0.506 bits per heavy atom. The molecular weight excluding hydrogens is 1130 g/mol. The third-order valence-corrected chi connectivity index (χ3v) is 11.1. The van der Waals surface area contributed by atoms with E-state index in [1.807, 2.05) is 31.2 Å². The van der Waals surface area contributed by atoms with Gasteiger partial charge in [-0.1, -0.05) is 37.3 Å². The van der Waals surface area contributed by atoms with E-state index in [0.717, 1.165) is 11.1 Å². The number of hydrogen-bond donors (Lipinski definition) is 16. The zero-order valence-corrected chi connectivity index (χ0v) is 49.0. The van der Waals surface area contributed by atoms with Crippen LogP contribution in [0.25, 0.3) is 0 Å². The number of hydrogen-bond acceptors (Lipinski definition) is 22. The van der Waals surface area contributed by atoms with Gasteiger partial charge in [-0.25, -0.2) is 19.2 Å². The predicted octanol–water partition coefficient (Wildman–Crippen LogP) is 3.79. The molecule has 18 N–H and O–H groups in total. The molecule has 474 valence electrons. The Morgan fingerprint density at radius 3 is 1.08 bits per heavy atom. The highest BCUT2D eigenvalue weighted by Gasteiger charge is 2.21.